The van der Waals surface area contributed by atoms with Crippen LogP contribution >= 0.6 is 0 Å². The van der Waals surface area contributed by atoms with E-state index in [4.69, 9.17) is 19.3 Å². The molecule has 1 heterocycles. The number of oxazole rings is 1. The quantitative estimate of drug-likeness (QED) is 0.287. The SMILES string of the molecule is COc1cccc(-c2oc(CCCCCCC(=O)NO)nc2-c2ccccc2)c1. The molecule has 3 rings (SSSR count). The summed E-state index contributed by atoms with van der Waals surface area (Å²) in [4.78, 5) is 15.8. The third-order valence-electron chi connectivity index (χ3n) is 4.72. The van der Waals surface area contributed by atoms with E-state index >= 15 is 0 Å². The van der Waals surface area contributed by atoms with Crippen molar-refractivity contribution in [2.75, 3.05) is 7.11 Å². The highest BCUT2D eigenvalue weighted by Gasteiger charge is 2.17. The number of benzene rings is 2. The highest BCUT2D eigenvalue weighted by Crippen LogP contribution is 2.34. The number of rotatable bonds is 10. The molecule has 152 valence electrons. The minimum absolute atomic E-state index is 0.340. The number of amides is 1. The number of hydrogen-bond donors (Lipinski definition) is 2. The van der Waals surface area contributed by atoms with Gasteiger partial charge in [-0.15, -0.1) is 0 Å². The summed E-state index contributed by atoms with van der Waals surface area (Å²) in [6, 6.07) is 17.8. The van der Waals surface area contributed by atoms with Crippen LogP contribution in [-0.2, 0) is 11.2 Å². The maximum atomic E-state index is 11.0. The molecule has 0 aliphatic rings. The van der Waals surface area contributed by atoms with Gasteiger partial charge in [0.2, 0.25) is 5.91 Å². The number of hydroxylamine groups is 1. The van der Waals surface area contributed by atoms with Crippen molar-refractivity contribution in [3.8, 4) is 28.3 Å². The van der Waals surface area contributed by atoms with Crippen LogP contribution in [-0.4, -0.2) is 23.2 Å². The monoisotopic (exact) mass is 394 g/mol. The van der Waals surface area contributed by atoms with E-state index in [1.807, 2.05) is 54.6 Å². The van der Waals surface area contributed by atoms with Gasteiger partial charge in [-0.05, 0) is 25.0 Å². The molecule has 6 nitrogen and oxygen atoms in total. The number of carbonyl (C=O) groups is 1. The van der Waals surface area contributed by atoms with Crippen molar-refractivity contribution < 1.29 is 19.2 Å². The van der Waals surface area contributed by atoms with Gasteiger partial charge in [-0.3, -0.25) is 10.0 Å². The molecule has 1 aromatic heterocycles. The Morgan fingerprint density at radius 2 is 1.79 bits per heavy atom. The van der Waals surface area contributed by atoms with Gasteiger partial charge in [0.15, 0.2) is 11.7 Å². The topological polar surface area (TPSA) is 84.6 Å². The molecule has 0 spiro atoms. The standard InChI is InChI=1S/C23H26N2O4/c1-28-19-13-9-12-18(16-19)23-22(17-10-5-4-6-11-17)24-21(29-23)15-8-3-2-7-14-20(26)25-27/h4-6,9-13,16,27H,2-3,7-8,14-15H2,1H3,(H,25,26). The zero-order valence-electron chi connectivity index (χ0n) is 16.6. The second-order valence-corrected chi connectivity index (χ2v) is 6.83. The summed E-state index contributed by atoms with van der Waals surface area (Å²) in [6.45, 7) is 0. The number of nitrogens with zero attached hydrogens (tertiary/aromatic N) is 1. The summed E-state index contributed by atoms with van der Waals surface area (Å²) >= 11 is 0. The van der Waals surface area contributed by atoms with Crippen LogP contribution < -0.4 is 10.2 Å². The molecule has 0 aliphatic heterocycles. The van der Waals surface area contributed by atoms with E-state index in [0.29, 0.717) is 12.3 Å². The van der Waals surface area contributed by atoms with Crippen LogP contribution in [0, 0.1) is 0 Å². The van der Waals surface area contributed by atoms with Gasteiger partial charge in [0.25, 0.3) is 0 Å². The molecule has 2 N–H and O–H groups in total. The number of aryl methyl sites for hydroxylation is 1. The third kappa shape index (κ3) is 5.68. The van der Waals surface area contributed by atoms with Gasteiger partial charge < -0.3 is 9.15 Å². The van der Waals surface area contributed by atoms with E-state index in [1.165, 1.54) is 0 Å². The lowest BCUT2D eigenvalue weighted by Crippen LogP contribution is -2.17. The Balaban J connectivity index is 1.72. The zero-order chi connectivity index (χ0) is 20.5. The van der Waals surface area contributed by atoms with Gasteiger partial charge in [0.1, 0.15) is 11.4 Å². The first-order valence-electron chi connectivity index (χ1n) is 9.83. The van der Waals surface area contributed by atoms with E-state index in [0.717, 1.165) is 60.4 Å². The molecular weight excluding hydrogens is 368 g/mol. The van der Waals surface area contributed by atoms with Crippen LogP contribution in [0.1, 0.15) is 38.0 Å². The Kier molecular flexibility index (Phi) is 7.41. The number of aromatic nitrogens is 1. The average molecular weight is 394 g/mol. The zero-order valence-corrected chi connectivity index (χ0v) is 16.6. The summed E-state index contributed by atoms with van der Waals surface area (Å²) in [7, 11) is 1.65. The van der Waals surface area contributed by atoms with Gasteiger partial charge in [0, 0.05) is 24.0 Å². The maximum Gasteiger partial charge on any atom is 0.243 e. The number of methoxy groups -OCH3 is 1. The van der Waals surface area contributed by atoms with Crippen molar-refractivity contribution in [3.63, 3.8) is 0 Å². The number of carbonyl (C=O) groups excluding carboxylic acids is 1. The first-order valence-corrected chi connectivity index (χ1v) is 9.83. The lowest BCUT2D eigenvalue weighted by Gasteiger charge is -2.04. The Morgan fingerprint density at radius 1 is 1.03 bits per heavy atom. The van der Waals surface area contributed by atoms with Crippen molar-refractivity contribution in [3.05, 3.63) is 60.5 Å². The van der Waals surface area contributed by atoms with Gasteiger partial charge in [-0.2, -0.15) is 0 Å². The molecule has 6 heteroatoms. The van der Waals surface area contributed by atoms with Gasteiger partial charge in [-0.1, -0.05) is 55.3 Å². The van der Waals surface area contributed by atoms with E-state index in [2.05, 4.69) is 0 Å². The molecule has 1 amide bonds. The van der Waals surface area contributed by atoms with E-state index in [-0.39, 0.29) is 5.91 Å². The fourth-order valence-corrected chi connectivity index (χ4v) is 3.19. The number of nitrogens with one attached hydrogen (secondary N) is 1. The highest BCUT2D eigenvalue weighted by molar-refractivity contribution is 5.77. The Morgan fingerprint density at radius 3 is 2.55 bits per heavy atom. The summed E-state index contributed by atoms with van der Waals surface area (Å²) in [5.41, 5.74) is 4.42. The van der Waals surface area contributed by atoms with E-state index in [1.54, 1.807) is 12.6 Å². The first kappa shape index (κ1) is 20.6. The van der Waals surface area contributed by atoms with Crippen molar-refractivity contribution in [2.24, 2.45) is 0 Å². The molecule has 0 unspecified atom stereocenters. The highest BCUT2D eigenvalue weighted by atomic mass is 16.5. The minimum atomic E-state index is -0.340. The molecule has 3 aromatic rings. The third-order valence-corrected chi connectivity index (χ3v) is 4.72. The molecule has 0 radical (unpaired) electrons. The van der Waals surface area contributed by atoms with E-state index in [9.17, 15) is 4.79 Å². The predicted octanol–water partition coefficient (Wildman–Crippen LogP) is 5.02. The molecule has 0 aliphatic carbocycles. The maximum absolute atomic E-state index is 11.0. The Labute approximate surface area is 170 Å². The number of ether oxygens (including phenoxy) is 1. The average Bonchev–Trinajstić information content (AvgIpc) is 3.21. The van der Waals surface area contributed by atoms with Crippen molar-refractivity contribution in [1.82, 2.24) is 10.5 Å². The predicted molar refractivity (Wildman–Crippen MR) is 111 cm³/mol. The fraction of sp³-hybridized carbons (Fsp3) is 0.304. The van der Waals surface area contributed by atoms with Crippen LogP contribution in [0.25, 0.3) is 22.6 Å². The largest absolute Gasteiger partial charge is 0.497 e. The smallest absolute Gasteiger partial charge is 0.243 e. The molecule has 0 saturated carbocycles. The summed E-state index contributed by atoms with van der Waals surface area (Å²) in [6.07, 6.45) is 4.64. The van der Waals surface area contributed by atoms with Crippen LogP contribution in [0.5, 0.6) is 5.75 Å². The van der Waals surface area contributed by atoms with E-state index < -0.39 is 0 Å². The van der Waals surface area contributed by atoms with Crippen molar-refractivity contribution in [2.45, 2.75) is 38.5 Å². The van der Waals surface area contributed by atoms with Crippen LogP contribution in [0.3, 0.4) is 0 Å². The van der Waals surface area contributed by atoms with Crippen molar-refractivity contribution >= 4 is 5.91 Å². The lowest BCUT2D eigenvalue weighted by molar-refractivity contribution is -0.129. The van der Waals surface area contributed by atoms with Gasteiger partial charge >= 0.3 is 0 Å². The fourth-order valence-electron chi connectivity index (χ4n) is 3.19. The summed E-state index contributed by atoms with van der Waals surface area (Å²) < 4.78 is 11.5. The molecular formula is C23H26N2O4. The normalized spacial score (nSPS) is 10.7. The van der Waals surface area contributed by atoms with Crippen LogP contribution in [0.4, 0.5) is 0 Å². The molecule has 0 bridgehead atoms. The van der Waals surface area contributed by atoms with Crippen LogP contribution in [0.15, 0.2) is 59.0 Å². The second kappa shape index (κ2) is 10.4. The molecule has 0 saturated heterocycles. The molecule has 29 heavy (non-hydrogen) atoms. The first-order chi connectivity index (χ1) is 14.2. The van der Waals surface area contributed by atoms with Gasteiger partial charge in [-0.25, -0.2) is 10.5 Å². The molecule has 0 atom stereocenters. The summed E-state index contributed by atoms with van der Waals surface area (Å²) in [5, 5.41) is 8.51. The summed E-state index contributed by atoms with van der Waals surface area (Å²) in [5.74, 6) is 1.87. The molecule has 0 fully saturated rings. The number of unbranched alkanes of at least 4 members (excludes halogenated alkanes) is 3. The Bertz CT molecular complexity index is 922. The second-order valence-electron chi connectivity index (χ2n) is 6.83. The number of hydrogen-bond acceptors (Lipinski definition) is 5. The lowest BCUT2D eigenvalue weighted by atomic mass is 10.1. The minimum Gasteiger partial charge on any atom is -0.497 e. The van der Waals surface area contributed by atoms with Crippen molar-refractivity contribution in [1.29, 1.82) is 0 Å². The Hall–Kier alpha value is -3.12. The molecule has 2 aromatic carbocycles. The van der Waals surface area contributed by atoms with Crippen LogP contribution in [0.2, 0.25) is 0 Å². The van der Waals surface area contributed by atoms with Gasteiger partial charge in [0.05, 0.1) is 7.11 Å².